The average molecular weight is 610 g/mol. The second-order valence-corrected chi connectivity index (χ2v) is 12.7. The van der Waals surface area contributed by atoms with Gasteiger partial charge in [0.1, 0.15) is 11.0 Å². The molecule has 3 N–H and O–H groups in total. The Bertz CT molecular complexity index is 1400. The number of unbranched alkanes of at least 4 members (excludes halogenated alkanes) is 3. The number of benzene rings is 3. The fourth-order valence-electron chi connectivity index (χ4n) is 4.46. The van der Waals surface area contributed by atoms with Crippen LogP contribution >= 0.6 is 0 Å². The second kappa shape index (κ2) is 16.8. The van der Waals surface area contributed by atoms with Gasteiger partial charge in [-0.1, -0.05) is 113 Å². The molecule has 3 rings (SSSR count). The van der Waals surface area contributed by atoms with Crippen LogP contribution in [0.1, 0.15) is 57.6 Å². The maximum Gasteiger partial charge on any atom is 0.328 e. The molecule has 1 unspecified atom stereocenters. The first-order valence-electron chi connectivity index (χ1n) is 14.6. The van der Waals surface area contributed by atoms with Gasteiger partial charge in [0.2, 0.25) is 0 Å². The van der Waals surface area contributed by atoms with E-state index in [1.54, 1.807) is 6.07 Å². The minimum Gasteiger partial charge on any atom is -0.376 e. The minimum absolute atomic E-state index is 0.0325. The van der Waals surface area contributed by atoms with Gasteiger partial charge < -0.3 is 20.1 Å². The van der Waals surface area contributed by atoms with Gasteiger partial charge in [0.05, 0.1) is 25.5 Å². The van der Waals surface area contributed by atoms with E-state index >= 15 is 0 Å². The lowest BCUT2D eigenvalue weighted by Crippen LogP contribution is -2.45. The zero-order chi connectivity index (χ0) is 31.1. The first-order chi connectivity index (χ1) is 20.6. The van der Waals surface area contributed by atoms with E-state index in [2.05, 4.69) is 17.6 Å². The standard InChI is InChI=1S/C33H43N3O6S/c1-4-5-6-15-22-34-32(38)36-43(39,40)29-21-14-13-20-28(29)35-31(37)30(42-24-27-18-11-8-12-19-27)33(2,3)25-41-23-26-16-9-7-10-17-26/h7-14,16-21,30H,4-6,15,22-25H2,1-3H3,(H,35,37)(H2,34,36,38). The topological polar surface area (TPSA) is 123 Å². The molecule has 0 radical (unpaired) electrons. The normalized spacial score (nSPS) is 12.3. The Morgan fingerprint density at radius 3 is 2.07 bits per heavy atom. The molecule has 0 saturated heterocycles. The maximum absolute atomic E-state index is 13.8. The third kappa shape index (κ3) is 11.1. The van der Waals surface area contributed by atoms with Crippen LogP contribution in [0.15, 0.2) is 89.8 Å². The zero-order valence-corrected chi connectivity index (χ0v) is 26.0. The predicted molar refractivity (Wildman–Crippen MR) is 168 cm³/mol. The summed E-state index contributed by atoms with van der Waals surface area (Å²) < 4.78 is 40.5. The highest BCUT2D eigenvalue weighted by Crippen LogP contribution is 2.28. The summed E-state index contributed by atoms with van der Waals surface area (Å²) >= 11 is 0. The Labute approximate surface area is 255 Å². The molecule has 0 aliphatic carbocycles. The van der Waals surface area contributed by atoms with Crippen molar-refractivity contribution in [2.24, 2.45) is 5.41 Å². The molecule has 0 fully saturated rings. The molecule has 1 atom stereocenters. The Hall–Kier alpha value is -3.73. The number of sulfonamides is 1. The first-order valence-corrected chi connectivity index (χ1v) is 16.1. The number of hydrogen-bond acceptors (Lipinski definition) is 6. The molecule has 0 heterocycles. The van der Waals surface area contributed by atoms with Crippen molar-refractivity contribution in [2.75, 3.05) is 18.5 Å². The van der Waals surface area contributed by atoms with Crippen LogP contribution in [-0.4, -0.2) is 39.6 Å². The van der Waals surface area contributed by atoms with Gasteiger partial charge in [-0.2, -0.15) is 0 Å². The van der Waals surface area contributed by atoms with Crippen LogP contribution in [0.2, 0.25) is 0 Å². The van der Waals surface area contributed by atoms with Crippen LogP contribution in [-0.2, 0) is 37.5 Å². The minimum atomic E-state index is -4.29. The fourth-order valence-corrected chi connectivity index (χ4v) is 5.55. The number of anilines is 1. The number of urea groups is 1. The van der Waals surface area contributed by atoms with E-state index in [1.807, 2.05) is 79.2 Å². The number of carbonyl (C=O) groups excluding carboxylic acids is 2. The van der Waals surface area contributed by atoms with Gasteiger partial charge in [0.15, 0.2) is 0 Å². The molecular weight excluding hydrogens is 566 g/mol. The van der Waals surface area contributed by atoms with Crippen molar-refractivity contribution in [3.8, 4) is 0 Å². The number of hydrogen-bond donors (Lipinski definition) is 3. The van der Waals surface area contributed by atoms with Crippen molar-refractivity contribution in [1.29, 1.82) is 0 Å². The molecule has 0 spiro atoms. The van der Waals surface area contributed by atoms with Gasteiger partial charge in [-0.15, -0.1) is 0 Å². The van der Waals surface area contributed by atoms with E-state index in [1.165, 1.54) is 18.2 Å². The molecule has 0 bridgehead atoms. The molecule has 0 aromatic heterocycles. The molecule has 232 valence electrons. The van der Waals surface area contributed by atoms with Gasteiger partial charge in [-0.3, -0.25) is 4.79 Å². The number of amides is 3. The van der Waals surface area contributed by atoms with Crippen LogP contribution in [0.5, 0.6) is 0 Å². The quantitative estimate of drug-likeness (QED) is 0.161. The predicted octanol–water partition coefficient (Wildman–Crippen LogP) is 6.02. The summed E-state index contributed by atoms with van der Waals surface area (Å²) in [6.07, 6.45) is 2.79. The summed E-state index contributed by atoms with van der Waals surface area (Å²) in [5.41, 5.74) is 1.12. The van der Waals surface area contributed by atoms with Crippen LogP contribution < -0.4 is 15.4 Å². The highest BCUT2D eigenvalue weighted by molar-refractivity contribution is 7.90. The lowest BCUT2D eigenvalue weighted by Gasteiger charge is -2.33. The van der Waals surface area contributed by atoms with E-state index in [0.717, 1.165) is 36.8 Å². The van der Waals surface area contributed by atoms with Gasteiger partial charge in [-0.25, -0.2) is 17.9 Å². The first kappa shape index (κ1) is 33.8. The Morgan fingerprint density at radius 1 is 0.814 bits per heavy atom. The fraction of sp³-hybridized carbons (Fsp3) is 0.394. The van der Waals surface area contributed by atoms with Crippen molar-refractivity contribution in [3.63, 3.8) is 0 Å². The van der Waals surface area contributed by atoms with E-state index < -0.39 is 33.5 Å². The van der Waals surface area contributed by atoms with Gasteiger partial charge in [0.25, 0.3) is 15.9 Å². The van der Waals surface area contributed by atoms with Gasteiger partial charge >= 0.3 is 6.03 Å². The van der Waals surface area contributed by atoms with E-state index in [4.69, 9.17) is 9.47 Å². The van der Waals surface area contributed by atoms with Crippen molar-refractivity contribution in [2.45, 2.75) is 70.7 Å². The van der Waals surface area contributed by atoms with Crippen LogP contribution in [0, 0.1) is 5.41 Å². The molecule has 3 amide bonds. The van der Waals surface area contributed by atoms with Gasteiger partial charge in [-0.05, 0) is 29.7 Å². The summed E-state index contributed by atoms with van der Waals surface area (Å²) in [7, 11) is -4.29. The molecule has 3 aromatic carbocycles. The molecule has 0 aliphatic rings. The average Bonchev–Trinajstić information content (AvgIpc) is 2.98. The third-order valence-corrected chi connectivity index (χ3v) is 8.16. The summed E-state index contributed by atoms with van der Waals surface area (Å²) in [4.78, 5) is 25.9. The van der Waals surface area contributed by atoms with Crippen molar-refractivity contribution in [3.05, 3.63) is 96.1 Å². The number of para-hydroxylation sites is 1. The van der Waals surface area contributed by atoms with E-state index in [9.17, 15) is 18.0 Å². The molecule has 43 heavy (non-hydrogen) atoms. The van der Waals surface area contributed by atoms with E-state index in [-0.39, 0.29) is 23.8 Å². The van der Waals surface area contributed by atoms with Crippen LogP contribution in [0.25, 0.3) is 0 Å². The third-order valence-electron chi connectivity index (χ3n) is 6.77. The Balaban J connectivity index is 1.74. The molecule has 0 saturated carbocycles. The maximum atomic E-state index is 13.8. The van der Waals surface area contributed by atoms with Gasteiger partial charge in [0, 0.05) is 12.0 Å². The lowest BCUT2D eigenvalue weighted by molar-refractivity contribution is -0.141. The molecule has 9 nitrogen and oxygen atoms in total. The number of rotatable bonds is 17. The largest absolute Gasteiger partial charge is 0.376 e. The van der Waals surface area contributed by atoms with Crippen LogP contribution in [0.4, 0.5) is 10.5 Å². The van der Waals surface area contributed by atoms with Crippen molar-refractivity contribution in [1.82, 2.24) is 10.0 Å². The van der Waals surface area contributed by atoms with Crippen molar-refractivity contribution >= 4 is 27.6 Å². The highest BCUT2D eigenvalue weighted by Gasteiger charge is 2.37. The highest BCUT2D eigenvalue weighted by atomic mass is 32.2. The summed E-state index contributed by atoms with van der Waals surface area (Å²) in [6.45, 7) is 6.91. The lowest BCUT2D eigenvalue weighted by atomic mass is 9.86. The zero-order valence-electron chi connectivity index (χ0n) is 25.2. The number of carbonyl (C=O) groups is 2. The van der Waals surface area contributed by atoms with E-state index in [0.29, 0.717) is 13.2 Å². The SMILES string of the molecule is CCCCCCNC(=O)NS(=O)(=O)c1ccccc1NC(=O)C(OCc1ccccc1)C(C)(C)COCc1ccccc1. The monoisotopic (exact) mass is 609 g/mol. The molecule has 0 aliphatic heterocycles. The van der Waals surface area contributed by atoms with Crippen molar-refractivity contribution < 1.29 is 27.5 Å². The Kier molecular flexibility index (Phi) is 13.2. The summed E-state index contributed by atoms with van der Waals surface area (Å²) in [5.74, 6) is -0.535. The summed E-state index contributed by atoms with van der Waals surface area (Å²) in [6, 6.07) is 24.3. The second-order valence-electron chi connectivity index (χ2n) is 11.1. The molecule has 3 aromatic rings. The van der Waals surface area contributed by atoms with Crippen LogP contribution in [0.3, 0.4) is 0 Å². The Morgan fingerprint density at radius 2 is 1.42 bits per heavy atom. The number of ether oxygens (including phenoxy) is 2. The summed E-state index contributed by atoms with van der Waals surface area (Å²) in [5, 5.41) is 5.32. The molecular formula is C33H43N3O6S. The molecule has 10 heteroatoms. The smallest absolute Gasteiger partial charge is 0.328 e. The number of nitrogens with one attached hydrogen (secondary N) is 3.